The zero-order valence-electron chi connectivity index (χ0n) is 8.72. The van der Waals surface area contributed by atoms with Crippen molar-refractivity contribution in [1.29, 1.82) is 0 Å². The first kappa shape index (κ1) is 10.8. The fourth-order valence-corrected chi connectivity index (χ4v) is 1.34. The molecule has 5 heteroatoms. The SMILES string of the molecule is CC(O)Cc1nc(-c2cccc(F)c2)no1. The van der Waals surface area contributed by atoms with E-state index in [-0.39, 0.29) is 5.82 Å². The summed E-state index contributed by atoms with van der Waals surface area (Å²) in [5.41, 5.74) is 0.556. The van der Waals surface area contributed by atoms with Gasteiger partial charge in [0.1, 0.15) is 5.82 Å². The van der Waals surface area contributed by atoms with Crippen molar-refractivity contribution < 1.29 is 14.0 Å². The third-order valence-electron chi connectivity index (χ3n) is 2.02. The van der Waals surface area contributed by atoms with Gasteiger partial charge in [-0.25, -0.2) is 4.39 Å². The Kier molecular flexibility index (Phi) is 2.96. The van der Waals surface area contributed by atoms with Gasteiger partial charge in [0.05, 0.1) is 12.5 Å². The molecule has 0 aliphatic heterocycles. The Morgan fingerprint density at radius 1 is 1.50 bits per heavy atom. The van der Waals surface area contributed by atoms with Crippen LogP contribution >= 0.6 is 0 Å². The summed E-state index contributed by atoms with van der Waals surface area (Å²) < 4.78 is 17.9. The Balaban J connectivity index is 2.24. The molecule has 84 valence electrons. The van der Waals surface area contributed by atoms with Crippen LogP contribution in [0.15, 0.2) is 28.8 Å². The lowest BCUT2D eigenvalue weighted by Gasteiger charge is -1.96. The fraction of sp³-hybridized carbons (Fsp3) is 0.273. The number of benzene rings is 1. The molecule has 0 radical (unpaired) electrons. The van der Waals surface area contributed by atoms with Crippen LogP contribution in [0.4, 0.5) is 4.39 Å². The van der Waals surface area contributed by atoms with Crippen LogP contribution in [0, 0.1) is 5.82 Å². The van der Waals surface area contributed by atoms with Gasteiger partial charge in [0.2, 0.25) is 11.7 Å². The fourth-order valence-electron chi connectivity index (χ4n) is 1.34. The van der Waals surface area contributed by atoms with Gasteiger partial charge >= 0.3 is 0 Å². The number of hydrogen-bond donors (Lipinski definition) is 1. The van der Waals surface area contributed by atoms with E-state index in [0.29, 0.717) is 23.7 Å². The van der Waals surface area contributed by atoms with Gasteiger partial charge in [-0.1, -0.05) is 17.3 Å². The summed E-state index contributed by atoms with van der Waals surface area (Å²) in [6.45, 7) is 1.63. The number of rotatable bonds is 3. The van der Waals surface area contributed by atoms with E-state index >= 15 is 0 Å². The van der Waals surface area contributed by atoms with Crippen molar-refractivity contribution in [3.05, 3.63) is 36.0 Å². The molecular formula is C11H11FN2O2. The van der Waals surface area contributed by atoms with Crippen molar-refractivity contribution in [2.24, 2.45) is 0 Å². The topological polar surface area (TPSA) is 59.2 Å². The maximum Gasteiger partial charge on any atom is 0.229 e. The monoisotopic (exact) mass is 222 g/mol. The summed E-state index contributed by atoms with van der Waals surface area (Å²) >= 11 is 0. The lowest BCUT2D eigenvalue weighted by molar-refractivity contribution is 0.181. The molecule has 0 spiro atoms. The van der Waals surface area contributed by atoms with Crippen LogP contribution in [0.3, 0.4) is 0 Å². The molecule has 1 N–H and O–H groups in total. The van der Waals surface area contributed by atoms with Gasteiger partial charge in [-0.2, -0.15) is 4.98 Å². The van der Waals surface area contributed by atoms with Crippen molar-refractivity contribution in [2.45, 2.75) is 19.4 Å². The van der Waals surface area contributed by atoms with Crippen molar-refractivity contribution >= 4 is 0 Å². The van der Waals surface area contributed by atoms with E-state index in [2.05, 4.69) is 10.1 Å². The van der Waals surface area contributed by atoms with Crippen LogP contribution in [0.1, 0.15) is 12.8 Å². The average Bonchev–Trinajstić information content (AvgIpc) is 2.65. The molecule has 4 nitrogen and oxygen atoms in total. The largest absolute Gasteiger partial charge is 0.393 e. The van der Waals surface area contributed by atoms with Crippen LogP contribution in [0.5, 0.6) is 0 Å². The van der Waals surface area contributed by atoms with E-state index in [1.54, 1.807) is 19.1 Å². The van der Waals surface area contributed by atoms with E-state index in [1.807, 2.05) is 0 Å². The summed E-state index contributed by atoms with van der Waals surface area (Å²) in [4.78, 5) is 4.06. The molecule has 0 aliphatic carbocycles. The first-order valence-electron chi connectivity index (χ1n) is 4.92. The molecule has 0 amide bonds. The van der Waals surface area contributed by atoms with E-state index in [0.717, 1.165) is 0 Å². The molecule has 1 heterocycles. The summed E-state index contributed by atoms with van der Waals surface area (Å²) in [6.07, 6.45) is -0.247. The van der Waals surface area contributed by atoms with Crippen LogP contribution < -0.4 is 0 Å². The van der Waals surface area contributed by atoms with Gasteiger partial charge in [-0.15, -0.1) is 0 Å². The Morgan fingerprint density at radius 2 is 2.31 bits per heavy atom. The number of halogens is 1. The number of aliphatic hydroxyl groups excluding tert-OH is 1. The second kappa shape index (κ2) is 4.40. The molecular weight excluding hydrogens is 211 g/mol. The van der Waals surface area contributed by atoms with Gasteiger partial charge in [0.25, 0.3) is 0 Å². The Morgan fingerprint density at radius 3 is 3.00 bits per heavy atom. The van der Waals surface area contributed by atoms with Gasteiger partial charge in [0, 0.05) is 5.56 Å². The zero-order chi connectivity index (χ0) is 11.5. The lowest BCUT2D eigenvalue weighted by atomic mass is 10.2. The standard InChI is InChI=1S/C11H11FN2O2/c1-7(15)5-10-13-11(14-16-10)8-3-2-4-9(12)6-8/h2-4,6-7,15H,5H2,1H3. The highest BCUT2D eigenvalue weighted by atomic mass is 19.1. The van der Waals surface area contributed by atoms with Crippen molar-refractivity contribution in [2.75, 3.05) is 0 Å². The van der Waals surface area contributed by atoms with E-state index in [4.69, 9.17) is 9.63 Å². The number of aromatic nitrogens is 2. The maximum absolute atomic E-state index is 12.9. The Hall–Kier alpha value is -1.75. The molecule has 0 aliphatic rings. The minimum Gasteiger partial charge on any atom is -0.393 e. The summed E-state index contributed by atoms with van der Waals surface area (Å²) in [5, 5.41) is 12.9. The molecule has 0 saturated heterocycles. The highest BCUT2D eigenvalue weighted by Gasteiger charge is 2.10. The van der Waals surface area contributed by atoms with Crippen LogP contribution in [0.2, 0.25) is 0 Å². The quantitative estimate of drug-likeness (QED) is 0.860. The molecule has 1 unspecified atom stereocenters. The molecule has 1 aromatic carbocycles. The first-order chi connectivity index (χ1) is 7.65. The molecule has 2 aromatic rings. The number of nitrogens with zero attached hydrogens (tertiary/aromatic N) is 2. The van der Waals surface area contributed by atoms with Gasteiger partial charge < -0.3 is 9.63 Å². The molecule has 2 rings (SSSR count). The lowest BCUT2D eigenvalue weighted by Crippen LogP contribution is -2.04. The third-order valence-corrected chi connectivity index (χ3v) is 2.02. The average molecular weight is 222 g/mol. The van der Waals surface area contributed by atoms with E-state index in [9.17, 15) is 4.39 Å². The minimum atomic E-state index is -0.541. The normalized spacial score (nSPS) is 12.7. The second-order valence-corrected chi connectivity index (χ2v) is 3.58. The van der Waals surface area contributed by atoms with Gasteiger partial charge in [0.15, 0.2) is 0 Å². The second-order valence-electron chi connectivity index (χ2n) is 3.58. The zero-order valence-corrected chi connectivity index (χ0v) is 8.72. The van der Waals surface area contributed by atoms with Gasteiger partial charge in [-0.3, -0.25) is 0 Å². The summed E-state index contributed by atoms with van der Waals surface area (Å²) in [5.74, 6) is 0.323. The summed E-state index contributed by atoms with van der Waals surface area (Å²) in [6, 6.07) is 5.95. The van der Waals surface area contributed by atoms with Crippen molar-refractivity contribution in [3.8, 4) is 11.4 Å². The van der Waals surface area contributed by atoms with Crippen LogP contribution in [-0.4, -0.2) is 21.4 Å². The predicted molar refractivity (Wildman–Crippen MR) is 55.1 cm³/mol. The minimum absolute atomic E-state index is 0.294. The van der Waals surface area contributed by atoms with Crippen molar-refractivity contribution in [3.63, 3.8) is 0 Å². The molecule has 1 atom stereocenters. The number of aliphatic hydroxyl groups is 1. The highest BCUT2D eigenvalue weighted by Crippen LogP contribution is 2.16. The van der Waals surface area contributed by atoms with Crippen LogP contribution in [-0.2, 0) is 6.42 Å². The first-order valence-corrected chi connectivity index (χ1v) is 4.92. The predicted octanol–water partition coefficient (Wildman–Crippen LogP) is 1.80. The van der Waals surface area contributed by atoms with Crippen molar-refractivity contribution in [1.82, 2.24) is 10.1 Å². The Labute approximate surface area is 91.7 Å². The maximum atomic E-state index is 12.9. The highest BCUT2D eigenvalue weighted by molar-refractivity contribution is 5.53. The van der Waals surface area contributed by atoms with E-state index < -0.39 is 6.10 Å². The molecule has 0 bridgehead atoms. The van der Waals surface area contributed by atoms with Gasteiger partial charge in [-0.05, 0) is 19.1 Å². The molecule has 0 fully saturated rings. The number of hydrogen-bond acceptors (Lipinski definition) is 4. The third kappa shape index (κ3) is 2.43. The van der Waals surface area contributed by atoms with Crippen LogP contribution in [0.25, 0.3) is 11.4 Å². The smallest absolute Gasteiger partial charge is 0.229 e. The molecule has 16 heavy (non-hydrogen) atoms. The molecule has 1 aromatic heterocycles. The Bertz CT molecular complexity index is 482. The van der Waals surface area contributed by atoms with E-state index in [1.165, 1.54) is 12.1 Å². The summed E-state index contributed by atoms with van der Waals surface area (Å²) in [7, 11) is 0. The molecule has 0 saturated carbocycles.